The van der Waals surface area contributed by atoms with Crippen molar-refractivity contribution < 1.29 is 4.92 Å². The summed E-state index contributed by atoms with van der Waals surface area (Å²) in [5, 5.41) is 11.7. The molecule has 1 aliphatic rings. The van der Waals surface area contributed by atoms with Gasteiger partial charge in [0.15, 0.2) is 0 Å². The first-order valence-electron chi connectivity index (χ1n) is 10.2. The summed E-state index contributed by atoms with van der Waals surface area (Å²) in [5.74, 6) is 0.968. The highest BCUT2D eigenvalue weighted by molar-refractivity contribution is 5.82. The Morgan fingerprint density at radius 2 is 1.74 bits per heavy atom. The van der Waals surface area contributed by atoms with Crippen LogP contribution in [0.2, 0.25) is 0 Å². The number of pyridine rings is 1. The highest BCUT2D eigenvalue weighted by atomic mass is 16.6. The van der Waals surface area contributed by atoms with Gasteiger partial charge in [-0.15, -0.1) is 0 Å². The number of aromatic nitrogens is 1. The standard InChI is InChI=1S/C21H30N4O2/c1-2-3-4-5-6-7-12-23-13-15-24(16-14-23)21-11-8-18-17-19(25(26)27)9-10-20(18)22-21/h8-11,17H,2-7,12-16H2,1H3. The van der Waals surface area contributed by atoms with Crippen molar-refractivity contribution in [2.24, 2.45) is 0 Å². The minimum atomic E-state index is -0.365. The van der Waals surface area contributed by atoms with Crippen LogP contribution < -0.4 is 4.90 Å². The number of hydrogen-bond donors (Lipinski definition) is 0. The zero-order valence-electron chi connectivity index (χ0n) is 16.3. The Bertz CT molecular complexity index is 757. The van der Waals surface area contributed by atoms with Crippen LogP contribution in [0.15, 0.2) is 30.3 Å². The van der Waals surface area contributed by atoms with Gasteiger partial charge in [-0.3, -0.25) is 15.0 Å². The molecule has 0 unspecified atom stereocenters. The topological polar surface area (TPSA) is 62.5 Å². The number of nitrogens with zero attached hydrogens (tertiary/aromatic N) is 4. The lowest BCUT2D eigenvalue weighted by Gasteiger charge is -2.35. The first kappa shape index (κ1) is 19.5. The van der Waals surface area contributed by atoms with Gasteiger partial charge in [0.25, 0.3) is 5.69 Å². The number of fused-ring (bicyclic) bond motifs is 1. The van der Waals surface area contributed by atoms with E-state index in [9.17, 15) is 10.1 Å². The largest absolute Gasteiger partial charge is 0.354 e. The number of piperazine rings is 1. The van der Waals surface area contributed by atoms with E-state index in [1.807, 2.05) is 12.1 Å². The van der Waals surface area contributed by atoms with Crippen LogP contribution in [0.5, 0.6) is 0 Å². The Hall–Kier alpha value is -2.21. The minimum absolute atomic E-state index is 0.111. The lowest BCUT2D eigenvalue weighted by atomic mass is 10.1. The maximum atomic E-state index is 10.9. The van der Waals surface area contributed by atoms with E-state index in [1.165, 1.54) is 51.1 Å². The number of benzene rings is 1. The monoisotopic (exact) mass is 370 g/mol. The van der Waals surface area contributed by atoms with Gasteiger partial charge in [0.2, 0.25) is 0 Å². The molecular formula is C21H30N4O2. The number of anilines is 1. The third-order valence-corrected chi connectivity index (χ3v) is 5.39. The molecule has 1 aliphatic heterocycles. The zero-order valence-corrected chi connectivity index (χ0v) is 16.3. The number of non-ortho nitro benzene ring substituents is 1. The van der Waals surface area contributed by atoms with Crippen molar-refractivity contribution in [2.45, 2.75) is 45.4 Å². The van der Waals surface area contributed by atoms with Gasteiger partial charge in [0, 0.05) is 43.7 Å². The van der Waals surface area contributed by atoms with Crippen LogP contribution in [0.3, 0.4) is 0 Å². The number of nitro groups is 1. The molecule has 0 saturated carbocycles. The zero-order chi connectivity index (χ0) is 19.1. The maximum Gasteiger partial charge on any atom is 0.270 e. The van der Waals surface area contributed by atoms with Crippen molar-refractivity contribution in [3.63, 3.8) is 0 Å². The quantitative estimate of drug-likeness (QED) is 0.366. The molecule has 27 heavy (non-hydrogen) atoms. The Morgan fingerprint density at radius 1 is 1.00 bits per heavy atom. The molecule has 0 bridgehead atoms. The predicted octanol–water partition coefficient (Wildman–Crippen LogP) is 4.63. The summed E-state index contributed by atoms with van der Waals surface area (Å²) in [4.78, 5) is 20.1. The summed E-state index contributed by atoms with van der Waals surface area (Å²) < 4.78 is 0. The lowest BCUT2D eigenvalue weighted by molar-refractivity contribution is -0.384. The van der Waals surface area contributed by atoms with E-state index >= 15 is 0 Å². The highest BCUT2D eigenvalue weighted by Crippen LogP contribution is 2.23. The summed E-state index contributed by atoms with van der Waals surface area (Å²) in [6, 6.07) is 8.77. The van der Waals surface area contributed by atoms with Crippen molar-refractivity contribution >= 4 is 22.4 Å². The average molecular weight is 370 g/mol. The van der Waals surface area contributed by atoms with Gasteiger partial charge in [0.1, 0.15) is 5.82 Å². The van der Waals surface area contributed by atoms with Crippen LogP contribution in [0.25, 0.3) is 10.9 Å². The first-order chi connectivity index (χ1) is 13.2. The average Bonchev–Trinajstić information content (AvgIpc) is 2.70. The molecule has 0 amide bonds. The molecular weight excluding hydrogens is 340 g/mol. The van der Waals surface area contributed by atoms with Gasteiger partial charge in [-0.05, 0) is 31.2 Å². The molecule has 1 aromatic carbocycles. The SMILES string of the molecule is CCCCCCCCN1CCN(c2ccc3cc([N+](=O)[O-])ccc3n2)CC1. The molecule has 146 valence electrons. The van der Waals surface area contributed by atoms with Crippen LogP contribution >= 0.6 is 0 Å². The molecule has 0 atom stereocenters. The van der Waals surface area contributed by atoms with Crippen LogP contribution in [-0.2, 0) is 0 Å². The van der Waals surface area contributed by atoms with E-state index in [-0.39, 0.29) is 10.6 Å². The molecule has 6 nitrogen and oxygen atoms in total. The second-order valence-corrected chi connectivity index (χ2v) is 7.40. The number of hydrogen-bond acceptors (Lipinski definition) is 5. The highest BCUT2D eigenvalue weighted by Gasteiger charge is 2.18. The maximum absolute atomic E-state index is 10.9. The molecule has 6 heteroatoms. The Balaban J connectivity index is 1.49. The van der Waals surface area contributed by atoms with Gasteiger partial charge in [0.05, 0.1) is 10.4 Å². The van der Waals surface area contributed by atoms with E-state index in [0.29, 0.717) is 0 Å². The number of rotatable bonds is 9. The molecule has 2 aromatic rings. The van der Waals surface area contributed by atoms with Gasteiger partial charge in [-0.1, -0.05) is 39.0 Å². The van der Waals surface area contributed by atoms with Crippen LogP contribution in [0.4, 0.5) is 11.5 Å². The Labute approximate surface area is 161 Å². The van der Waals surface area contributed by atoms with Crippen LogP contribution in [0.1, 0.15) is 45.4 Å². The number of unbranched alkanes of at least 4 members (excludes halogenated alkanes) is 5. The second kappa shape index (κ2) is 9.65. The van der Waals surface area contributed by atoms with Crippen LogP contribution in [-0.4, -0.2) is 47.5 Å². The summed E-state index contributed by atoms with van der Waals surface area (Å²) in [6.45, 7) is 7.59. The Morgan fingerprint density at radius 3 is 2.48 bits per heavy atom. The fraction of sp³-hybridized carbons (Fsp3) is 0.571. The van der Waals surface area contributed by atoms with E-state index in [2.05, 4.69) is 16.7 Å². The molecule has 3 rings (SSSR count). The van der Waals surface area contributed by atoms with Crippen LogP contribution in [0, 0.1) is 10.1 Å². The molecule has 1 saturated heterocycles. The minimum Gasteiger partial charge on any atom is -0.354 e. The molecule has 0 N–H and O–H groups in total. The van der Waals surface area contributed by atoms with Gasteiger partial charge in [-0.25, -0.2) is 4.98 Å². The lowest BCUT2D eigenvalue weighted by Crippen LogP contribution is -2.46. The third-order valence-electron chi connectivity index (χ3n) is 5.39. The summed E-state index contributed by atoms with van der Waals surface area (Å²) in [5.41, 5.74) is 0.924. The second-order valence-electron chi connectivity index (χ2n) is 7.40. The van der Waals surface area contributed by atoms with E-state index in [4.69, 9.17) is 4.98 Å². The predicted molar refractivity (Wildman–Crippen MR) is 110 cm³/mol. The van der Waals surface area contributed by atoms with Crippen molar-refractivity contribution in [3.8, 4) is 0 Å². The first-order valence-corrected chi connectivity index (χ1v) is 10.2. The normalized spacial score (nSPS) is 15.4. The summed E-state index contributed by atoms with van der Waals surface area (Å²) in [6.07, 6.45) is 8.07. The molecule has 0 spiro atoms. The van der Waals surface area contributed by atoms with Gasteiger partial charge >= 0.3 is 0 Å². The van der Waals surface area contributed by atoms with E-state index < -0.39 is 0 Å². The number of nitro benzene ring substituents is 1. The van der Waals surface area contributed by atoms with E-state index in [0.717, 1.165) is 42.9 Å². The molecule has 0 radical (unpaired) electrons. The van der Waals surface area contributed by atoms with Crippen molar-refractivity contribution in [3.05, 3.63) is 40.4 Å². The molecule has 1 aromatic heterocycles. The van der Waals surface area contributed by atoms with Gasteiger partial charge in [-0.2, -0.15) is 0 Å². The molecule has 1 fully saturated rings. The summed E-state index contributed by atoms with van der Waals surface area (Å²) >= 11 is 0. The van der Waals surface area contributed by atoms with Gasteiger partial charge < -0.3 is 4.90 Å². The fourth-order valence-corrected chi connectivity index (χ4v) is 3.71. The van der Waals surface area contributed by atoms with Crippen molar-refractivity contribution in [2.75, 3.05) is 37.6 Å². The molecule has 2 heterocycles. The fourth-order valence-electron chi connectivity index (χ4n) is 3.71. The van der Waals surface area contributed by atoms with Crippen molar-refractivity contribution in [1.29, 1.82) is 0 Å². The van der Waals surface area contributed by atoms with Crippen molar-refractivity contribution in [1.82, 2.24) is 9.88 Å². The smallest absolute Gasteiger partial charge is 0.270 e. The third kappa shape index (κ3) is 5.39. The molecule has 0 aliphatic carbocycles. The Kier molecular flexibility index (Phi) is 6.98. The summed E-state index contributed by atoms with van der Waals surface area (Å²) in [7, 11) is 0. The van der Waals surface area contributed by atoms with E-state index in [1.54, 1.807) is 12.1 Å².